The first-order valence-electron chi connectivity index (χ1n) is 5.63. The van der Waals surface area contributed by atoms with Gasteiger partial charge in [-0.05, 0) is 25.0 Å². The van der Waals surface area contributed by atoms with Crippen LogP contribution in [0.1, 0.15) is 24.6 Å². The minimum Gasteiger partial charge on any atom is -0.361 e. The second-order valence-electron chi connectivity index (χ2n) is 3.99. The molecule has 2 heterocycles. The quantitative estimate of drug-likeness (QED) is 0.874. The molecule has 1 aromatic heterocycles. The molecule has 4 heteroatoms. The minimum atomic E-state index is 0.597. The molecule has 0 radical (unpaired) electrons. The normalized spacial score (nSPS) is 22.4. The summed E-state index contributed by atoms with van der Waals surface area (Å²) < 4.78 is 0. The fraction of sp³-hybridized carbons (Fsp3) is 0.500. The van der Waals surface area contributed by atoms with Crippen molar-refractivity contribution >= 4 is 16.9 Å². The molecule has 3 nitrogen and oxygen atoms in total. The van der Waals surface area contributed by atoms with E-state index in [4.69, 9.17) is 0 Å². The van der Waals surface area contributed by atoms with Crippen LogP contribution in [0.3, 0.4) is 0 Å². The summed E-state index contributed by atoms with van der Waals surface area (Å²) in [6, 6.07) is 4.71. The van der Waals surface area contributed by atoms with E-state index < -0.39 is 0 Å². The highest BCUT2D eigenvalue weighted by Crippen LogP contribution is 2.16. The molecule has 1 N–H and O–H groups in total. The Kier molecular flexibility index (Phi) is 3.83. The summed E-state index contributed by atoms with van der Waals surface area (Å²) in [5.41, 5.74) is 2.22. The first kappa shape index (κ1) is 11.5. The predicted molar refractivity (Wildman–Crippen MR) is 69.8 cm³/mol. The molecule has 0 aromatic carbocycles. The van der Waals surface area contributed by atoms with Gasteiger partial charge < -0.3 is 5.32 Å². The number of rotatable bonds is 3. The second-order valence-corrected chi connectivity index (χ2v) is 5.00. The minimum absolute atomic E-state index is 0.597. The average Bonchev–Trinajstić information content (AvgIpc) is 2.76. The van der Waals surface area contributed by atoms with Crippen molar-refractivity contribution in [3.05, 3.63) is 29.6 Å². The molecular weight excluding hydrogens is 218 g/mol. The van der Waals surface area contributed by atoms with Gasteiger partial charge in [-0.2, -0.15) is 0 Å². The Labute approximate surface area is 101 Å². The van der Waals surface area contributed by atoms with Gasteiger partial charge in [0.1, 0.15) is 0 Å². The van der Waals surface area contributed by atoms with Crippen LogP contribution in [0.15, 0.2) is 23.3 Å². The molecule has 16 heavy (non-hydrogen) atoms. The number of thioether (sulfide) groups is 1. The van der Waals surface area contributed by atoms with Crippen molar-refractivity contribution in [1.82, 2.24) is 10.3 Å². The maximum absolute atomic E-state index is 4.55. The van der Waals surface area contributed by atoms with Crippen LogP contribution in [-0.4, -0.2) is 21.9 Å². The van der Waals surface area contributed by atoms with Gasteiger partial charge in [-0.1, -0.05) is 24.8 Å². The molecule has 0 spiro atoms. The number of hydrogen-bond donors (Lipinski definition) is 1. The molecule has 1 unspecified atom stereocenters. The van der Waals surface area contributed by atoms with Crippen molar-refractivity contribution in [3.63, 3.8) is 0 Å². The van der Waals surface area contributed by atoms with E-state index in [-0.39, 0.29) is 0 Å². The lowest BCUT2D eigenvalue weighted by Gasteiger charge is -2.04. The highest BCUT2D eigenvalue weighted by Gasteiger charge is 2.17. The SMILES string of the molecule is CCC1CSC(=NCc2ccc(C)nc2)N1. The number of aliphatic imine (C=N–C) groups is 1. The lowest BCUT2D eigenvalue weighted by atomic mass is 10.2. The van der Waals surface area contributed by atoms with Crippen LogP contribution >= 0.6 is 11.8 Å². The lowest BCUT2D eigenvalue weighted by molar-refractivity contribution is 0.667. The summed E-state index contributed by atoms with van der Waals surface area (Å²) in [7, 11) is 0. The molecule has 1 fully saturated rings. The molecule has 1 atom stereocenters. The molecule has 0 bridgehead atoms. The number of hydrogen-bond acceptors (Lipinski definition) is 3. The molecule has 1 aliphatic heterocycles. The van der Waals surface area contributed by atoms with Gasteiger partial charge >= 0.3 is 0 Å². The van der Waals surface area contributed by atoms with Gasteiger partial charge in [-0.3, -0.25) is 9.98 Å². The highest BCUT2D eigenvalue weighted by atomic mass is 32.2. The van der Waals surface area contributed by atoms with E-state index in [0.29, 0.717) is 6.04 Å². The van der Waals surface area contributed by atoms with E-state index in [1.54, 1.807) is 0 Å². The van der Waals surface area contributed by atoms with Crippen molar-refractivity contribution in [2.24, 2.45) is 4.99 Å². The van der Waals surface area contributed by atoms with Gasteiger partial charge in [-0.15, -0.1) is 0 Å². The largest absolute Gasteiger partial charge is 0.361 e. The molecule has 1 saturated heterocycles. The van der Waals surface area contributed by atoms with Crippen LogP contribution < -0.4 is 5.32 Å². The van der Waals surface area contributed by atoms with Crippen LogP contribution in [-0.2, 0) is 6.54 Å². The zero-order valence-corrected chi connectivity index (χ0v) is 10.5. The highest BCUT2D eigenvalue weighted by molar-refractivity contribution is 8.14. The van der Waals surface area contributed by atoms with Gasteiger partial charge in [0.15, 0.2) is 5.17 Å². The van der Waals surface area contributed by atoms with Crippen molar-refractivity contribution in [3.8, 4) is 0 Å². The van der Waals surface area contributed by atoms with Gasteiger partial charge in [0.05, 0.1) is 6.54 Å². The Hall–Kier alpha value is -1.03. The third-order valence-corrected chi connectivity index (χ3v) is 3.71. The standard InChI is InChI=1S/C12H17N3S/c1-3-11-8-16-12(15-11)14-7-10-5-4-9(2)13-6-10/h4-6,11H,3,7-8H2,1-2H3,(H,14,15). The van der Waals surface area contributed by atoms with E-state index in [2.05, 4.69) is 28.3 Å². The summed E-state index contributed by atoms with van der Waals surface area (Å²) in [5.74, 6) is 1.14. The van der Waals surface area contributed by atoms with Crippen LogP contribution in [0.4, 0.5) is 0 Å². The summed E-state index contributed by atoms with van der Waals surface area (Å²) >= 11 is 1.82. The fourth-order valence-electron chi connectivity index (χ4n) is 1.50. The van der Waals surface area contributed by atoms with E-state index in [0.717, 1.165) is 29.6 Å². The summed E-state index contributed by atoms with van der Waals surface area (Å²) in [6.07, 6.45) is 3.06. The lowest BCUT2D eigenvalue weighted by Crippen LogP contribution is -2.25. The smallest absolute Gasteiger partial charge is 0.157 e. The molecule has 1 aromatic rings. The van der Waals surface area contributed by atoms with Crippen LogP contribution in [0, 0.1) is 6.92 Å². The van der Waals surface area contributed by atoms with Crippen LogP contribution in [0.25, 0.3) is 0 Å². The number of aryl methyl sites for hydroxylation is 1. The Balaban J connectivity index is 1.91. The van der Waals surface area contributed by atoms with Crippen molar-refractivity contribution in [1.29, 1.82) is 0 Å². The molecular formula is C12H17N3S. The summed E-state index contributed by atoms with van der Waals surface area (Å²) in [4.78, 5) is 8.81. The van der Waals surface area contributed by atoms with E-state index >= 15 is 0 Å². The molecule has 0 amide bonds. The van der Waals surface area contributed by atoms with Gasteiger partial charge in [0.2, 0.25) is 0 Å². The van der Waals surface area contributed by atoms with Crippen molar-refractivity contribution in [2.75, 3.05) is 5.75 Å². The van der Waals surface area contributed by atoms with Gasteiger partial charge in [0, 0.05) is 23.7 Å². The van der Waals surface area contributed by atoms with E-state index in [1.165, 1.54) is 5.56 Å². The Morgan fingerprint density at radius 1 is 1.56 bits per heavy atom. The van der Waals surface area contributed by atoms with Gasteiger partial charge in [0.25, 0.3) is 0 Å². The third-order valence-electron chi connectivity index (χ3n) is 2.62. The zero-order chi connectivity index (χ0) is 11.4. The van der Waals surface area contributed by atoms with E-state index in [9.17, 15) is 0 Å². The number of amidine groups is 1. The Bertz CT molecular complexity index is 372. The maximum Gasteiger partial charge on any atom is 0.157 e. The first-order valence-corrected chi connectivity index (χ1v) is 6.62. The number of pyridine rings is 1. The molecule has 2 rings (SSSR count). The fourth-order valence-corrected chi connectivity index (χ4v) is 2.59. The van der Waals surface area contributed by atoms with Gasteiger partial charge in [-0.25, -0.2) is 0 Å². The third kappa shape index (κ3) is 2.98. The summed E-state index contributed by atoms with van der Waals surface area (Å²) in [5, 5.41) is 4.49. The molecule has 0 saturated carbocycles. The number of nitrogens with one attached hydrogen (secondary N) is 1. The number of nitrogens with zero attached hydrogens (tertiary/aromatic N) is 2. The molecule has 86 valence electrons. The van der Waals surface area contributed by atoms with Crippen LogP contribution in [0.5, 0.6) is 0 Å². The average molecular weight is 235 g/mol. The zero-order valence-electron chi connectivity index (χ0n) is 9.73. The topological polar surface area (TPSA) is 37.3 Å². The van der Waals surface area contributed by atoms with Crippen molar-refractivity contribution < 1.29 is 0 Å². The van der Waals surface area contributed by atoms with E-state index in [1.807, 2.05) is 30.9 Å². The summed E-state index contributed by atoms with van der Waals surface area (Å²) in [6.45, 7) is 4.92. The molecule has 0 aliphatic carbocycles. The Morgan fingerprint density at radius 3 is 3.06 bits per heavy atom. The predicted octanol–water partition coefficient (Wildman–Crippen LogP) is 2.36. The van der Waals surface area contributed by atoms with Crippen molar-refractivity contribution in [2.45, 2.75) is 32.9 Å². The maximum atomic E-state index is 4.55. The monoisotopic (exact) mass is 235 g/mol. The molecule has 1 aliphatic rings. The number of aromatic nitrogens is 1. The first-order chi connectivity index (χ1) is 7.78. The Morgan fingerprint density at radius 2 is 2.44 bits per heavy atom. The second kappa shape index (κ2) is 5.34. The van der Waals surface area contributed by atoms with Crippen LogP contribution in [0.2, 0.25) is 0 Å².